The molecule has 32 heavy (non-hydrogen) atoms. The highest BCUT2D eigenvalue weighted by atomic mass is 35.5. The molecule has 1 amide bonds. The van der Waals surface area contributed by atoms with Gasteiger partial charge in [0.05, 0.1) is 10.9 Å². The molecule has 1 aliphatic rings. The van der Waals surface area contributed by atoms with E-state index in [1.807, 2.05) is 30.3 Å². The molecule has 6 nitrogen and oxygen atoms in total. The fourth-order valence-corrected chi connectivity index (χ4v) is 4.09. The fraction of sp³-hybridized carbons (Fsp3) is 0.375. The number of aromatic nitrogens is 1. The number of carboxylic acid groups (broad SMARTS) is 1. The van der Waals surface area contributed by atoms with Gasteiger partial charge in [0.25, 0.3) is 5.91 Å². The van der Waals surface area contributed by atoms with Crippen molar-refractivity contribution in [3.8, 4) is 0 Å². The molecule has 0 unspecified atom stereocenters. The van der Waals surface area contributed by atoms with E-state index < -0.39 is 11.9 Å². The van der Waals surface area contributed by atoms with E-state index in [4.69, 9.17) is 23.2 Å². The van der Waals surface area contributed by atoms with E-state index in [0.717, 1.165) is 37.9 Å². The number of allylic oxidation sites excluding steroid dienone is 1. The molecular weight excluding hydrogens is 449 g/mol. The van der Waals surface area contributed by atoms with Crippen molar-refractivity contribution in [2.75, 3.05) is 25.0 Å². The van der Waals surface area contributed by atoms with Crippen LogP contribution in [-0.4, -0.2) is 46.5 Å². The zero-order chi connectivity index (χ0) is 22.9. The number of aliphatic carboxylic acids is 1. The Labute approximate surface area is 198 Å². The van der Waals surface area contributed by atoms with Crippen LogP contribution < -0.4 is 5.32 Å². The summed E-state index contributed by atoms with van der Waals surface area (Å²) < 4.78 is 0. The van der Waals surface area contributed by atoms with Gasteiger partial charge in [0.2, 0.25) is 0 Å². The summed E-state index contributed by atoms with van der Waals surface area (Å²) in [5.74, 6) is -1.54. The first kappa shape index (κ1) is 24.1. The smallest absolute Gasteiger partial charge is 0.308 e. The summed E-state index contributed by atoms with van der Waals surface area (Å²) in [7, 11) is 0. The maximum absolute atomic E-state index is 13.1. The van der Waals surface area contributed by atoms with E-state index >= 15 is 0 Å². The van der Waals surface area contributed by atoms with Crippen molar-refractivity contribution in [2.45, 2.75) is 32.1 Å². The Morgan fingerprint density at radius 3 is 2.72 bits per heavy atom. The normalized spacial score (nSPS) is 16.2. The summed E-state index contributed by atoms with van der Waals surface area (Å²) >= 11 is 12.1. The number of pyridine rings is 1. The van der Waals surface area contributed by atoms with Gasteiger partial charge in [-0.05, 0) is 49.9 Å². The molecule has 1 atom stereocenters. The number of likely N-dealkylation sites (tertiary alicyclic amines) is 1. The van der Waals surface area contributed by atoms with Crippen molar-refractivity contribution in [1.82, 2.24) is 9.88 Å². The van der Waals surface area contributed by atoms with Crippen molar-refractivity contribution in [1.29, 1.82) is 0 Å². The number of unbranched alkanes of at least 4 members (excludes halogenated alkanes) is 3. The second-order valence-corrected chi connectivity index (χ2v) is 8.74. The molecule has 8 heteroatoms. The van der Waals surface area contributed by atoms with Gasteiger partial charge in [0.1, 0.15) is 0 Å². The van der Waals surface area contributed by atoms with Crippen molar-refractivity contribution in [2.24, 2.45) is 5.92 Å². The second-order valence-electron chi connectivity index (χ2n) is 7.87. The Kier molecular flexibility index (Phi) is 8.94. The number of rotatable bonds is 10. The number of hydrogen-bond acceptors (Lipinski definition) is 4. The highest BCUT2D eigenvalue weighted by Crippen LogP contribution is 2.25. The molecule has 0 bridgehead atoms. The number of carboxylic acids is 1. The molecule has 0 radical (unpaired) electrons. The number of amides is 1. The van der Waals surface area contributed by atoms with E-state index in [2.05, 4.69) is 10.3 Å². The first-order valence-electron chi connectivity index (χ1n) is 10.8. The largest absolute Gasteiger partial charge is 0.481 e. The third-order valence-corrected chi connectivity index (χ3v) is 5.90. The predicted molar refractivity (Wildman–Crippen MR) is 128 cm³/mol. The quantitative estimate of drug-likeness (QED) is 0.356. The summed E-state index contributed by atoms with van der Waals surface area (Å²) in [5, 5.41) is 13.8. The summed E-state index contributed by atoms with van der Waals surface area (Å²) in [6, 6.07) is 9.36. The molecule has 1 aromatic carbocycles. The fourth-order valence-electron chi connectivity index (χ4n) is 3.73. The lowest BCUT2D eigenvalue weighted by atomic mass is 10.0. The molecule has 0 saturated carbocycles. The maximum atomic E-state index is 13.1. The lowest BCUT2D eigenvalue weighted by Crippen LogP contribution is -2.30. The number of anilines is 1. The standard InChI is InChI=1S/C24H27Cl2N3O3/c25-19-6-5-7-21(13-19)28-10-4-2-1-3-8-22(18-12-20(26)15-27-14-18)23(30)29-11-9-17(16-29)24(31)32/h5-8,12-15,17,28H,1-4,9-11,16H2,(H,31,32)/t17-/m0/s1. The minimum Gasteiger partial charge on any atom is -0.481 e. The number of nitrogens with one attached hydrogen (secondary N) is 1. The lowest BCUT2D eigenvalue weighted by Gasteiger charge is -2.18. The lowest BCUT2D eigenvalue weighted by molar-refractivity contribution is -0.141. The van der Waals surface area contributed by atoms with E-state index in [9.17, 15) is 14.7 Å². The monoisotopic (exact) mass is 475 g/mol. The van der Waals surface area contributed by atoms with Crippen LogP contribution in [0, 0.1) is 5.92 Å². The Morgan fingerprint density at radius 2 is 2.00 bits per heavy atom. The zero-order valence-electron chi connectivity index (χ0n) is 17.8. The molecule has 3 rings (SSSR count). The number of carbonyl (C=O) groups is 2. The maximum Gasteiger partial charge on any atom is 0.308 e. The SMILES string of the molecule is O=C(O)[C@H]1CCN(C(=O)C(=CCCCCCNc2cccc(Cl)c2)c2cncc(Cl)c2)C1. The number of nitrogens with zero attached hydrogens (tertiary/aromatic N) is 2. The van der Waals surface area contributed by atoms with Gasteiger partial charge in [-0.15, -0.1) is 0 Å². The van der Waals surface area contributed by atoms with Gasteiger partial charge >= 0.3 is 5.97 Å². The third-order valence-electron chi connectivity index (χ3n) is 5.45. The number of carbonyl (C=O) groups excluding carboxylic acids is 1. The Hall–Kier alpha value is -2.57. The van der Waals surface area contributed by atoms with Gasteiger partial charge in [0, 0.05) is 53.9 Å². The van der Waals surface area contributed by atoms with Crippen molar-refractivity contribution < 1.29 is 14.7 Å². The molecule has 2 N–H and O–H groups in total. The van der Waals surface area contributed by atoms with Gasteiger partial charge in [-0.2, -0.15) is 0 Å². The highest BCUT2D eigenvalue weighted by Gasteiger charge is 2.32. The van der Waals surface area contributed by atoms with Crippen LogP contribution in [0.3, 0.4) is 0 Å². The van der Waals surface area contributed by atoms with Crippen LogP contribution in [0.1, 0.15) is 37.7 Å². The van der Waals surface area contributed by atoms with Crippen LogP contribution in [0.2, 0.25) is 10.0 Å². The Balaban J connectivity index is 1.55. The molecule has 170 valence electrons. The van der Waals surface area contributed by atoms with Gasteiger partial charge in [-0.1, -0.05) is 41.8 Å². The number of benzene rings is 1. The first-order chi connectivity index (χ1) is 15.4. The van der Waals surface area contributed by atoms with Crippen LogP contribution in [0.4, 0.5) is 5.69 Å². The summed E-state index contributed by atoms with van der Waals surface area (Å²) in [6.07, 6.45) is 9.21. The van der Waals surface area contributed by atoms with Crippen LogP contribution >= 0.6 is 23.2 Å². The van der Waals surface area contributed by atoms with E-state index in [1.165, 1.54) is 6.20 Å². The summed E-state index contributed by atoms with van der Waals surface area (Å²) in [6.45, 7) is 1.52. The van der Waals surface area contributed by atoms with Crippen LogP contribution in [0.5, 0.6) is 0 Å². The zero-order valence-corrected chi connectivity index (χ0v) is 19.3. The van der Waals surface area contributed by atoms with Crippen molar-refractivity contribution in [3.05, 3.63) is 64.4 Å². The van der Waals surface area contributed by atoms with Crippen molar-refractivity contribution >= 4 is 46.3 Å². The minimum atomic E-state index is -0.860. The van der Waals surface area contributed by atoms with Crippen LogP contribution in [0.15, 0.2) is 48.8 Å². The molecule has 2 heterocycles. The topological polar surface area (TPSA) is 82.5 Å². The van der Waals surface area contributed by atoms with E-state index in [1.54, 1.807) is 17.2 Å². The number of hydrogen-bond donors (Lipinski definition) is 2. The van der Waals surface area contributed by atoms with Gasteiger partial charge in [0.15, 0.2) is 0 Å². The van der Waals surface area contributed by atoms with E-state index in [0.29, 0.717) is 34.1 Å². The minimum absolute atomic E-state index is 0.166. The Bertz CT molecular complexity index is 980. The molecule has 2 aromatic rings. The summed E-state index contributed by atoms with van der Waals surface area (Å²) in [5.41, 5.74) is 2.19. The van der Waals surface area contributed by atoms with Crippen LogP contribution in [-0.2, 0) is 9.59 Å². The average molecular weight is 476 g/mol. The highest BCUT2D eigenvalue weighted by molar-refractivity contribution is 6.31. The molecule has 1 aliphatic heterocycles. The predicted octanol–water partition coefficient (Wildman–Crippen LogP) is 5.38. The molecule has 0 aliphatic carbocycles. The summed E-state index contributed by atoms with van der Waals surface area (Å²) in [4.78, 5) is 30.1. The molecule has 0 spiro atoms. The van der Waals surface area contributed by atoms with Gasteiger partial charge in [-0.25, -0.2) is 0 Å². The van der Waals surface area contributed by atoms with Crippen molar-refractivity contribution in [3.63, 3.8) is 0 Å². The van der Waals surface area contributed by atoms with Gasteiger partial charge in [-0.3, -0.25) is 14.6 Å². The number of halogens is 2. The molecule has 1 fully saturated rings. The van der Waals surface area contributed by atoms with Gasteiger partial charge < -0.3 is 15.3 Å². The Morgan fingerprint density at radius 1 is 1.16 bits per heavy atom. The second kappa shape index (κ2) is 11.9. The average Bonchev–Trinajstić information content (AvgIpc) is 3.26. The van der Waals surface area contributed by atoms with Crippen LogP contribution in [0.25, 0.3) is 5.57 Å². The third kappa shape index (κ3) is 6.97. The molecular formula is C24H27Cl2N3O3. The first-order valence-corrected chi connectivity index (χ1v) is 11.5. The molecule has 1 aromatic heterocycles. The van der Waals surface area contributed by atoms with E-state index in [-0.39, 0.29) is 12.5 Å². The molecule has 1 saturated heterocycles.